The predicted octanol–water partition coefficient (Wildman–Crippen LogP) is 1.85. The molecule has 0 aromatic heterocycles. The summed E-state index contributed by atoms with van der Waals surface area (Å²) in [5, 5.41) is 0. The van der Waals surface area contributed by atoms with Crippen LogP contribution in [0.4, 0.5) is 0 Å². The lowest BCUT2D eigenvalue weighted by atomic mass is 10.0. The fraction of sp³-hybridized carbons (Fsp3) is 0.588. The molecule has 1 amide bonds. The van der Waals surface area contributed by atoms with Crippen molar-refractivity contribution in [2.45, 2.75) is 44.8 Å². The third-order valence-corrected chi connectivity index (χ3v) is 4.23. The maximum absolute atomic E-state index is 12.0. The molecule has 0 unspecified atom stereocenters. The van der Waals surface area contributed by atoms with Gasteiger partial charge in [-0.1, -0.05) is 36.8 Å². The molecule has 0 bridgehead atoms. The van der Waals surface area contributed by atoms with Gasteiger partial charge in [-0.05, 0) is 31.9 Å². The van der Waals surface area contributed by atoms with E-state index in [1.54, 1.807) is 11.8 Å². The Morgan fingerprint density at radius 3 is 2.76 bits per heavy atom. The van der Waals surface area contributed by atoms with Gasteiger partial charge in [0.2, 0.25) is 5.91 Å². The number of piperidine rings is 1. The average molecular weight is 289 g/mol. The third-order valence-electron chi connectivity index (χ3n) is 4.23. The lowest BCUT2D eigenvalue weighted by Gasteiger charge is -2.38. The van der Waals surface area contributed by atoms with Crippen molar-refractivity contribution in [1.29, 1.82) is 0 Å². The molecular weight excluding hydrogens is 262 g/mol. The van der Waals surface area contributed by atoms with Crippen LogP contribution in [-0.4, -0.2) is 47.9 Å². The van der Waals surface area contributed by atoms with E-state index < -0.39 is 6.04 Å². The summed E-state index contributed by atoms with van der Waals surface area (Å²) in [4.78, 5) is 16.3. The highest BCUT2D eigenvalue weighted by Crippen LogP contribution is 2.20. The average Bonchev–Trinajstić information content (AvgIpc) is 2.49. The Kier molecular flexibility index (Phi) is 5.76. The number of hydrogen-bond acceptors (Lipinski definition) is 3. The Morgan fingerprint density at radius 1 is 1.38 bits per heavy atom. The number of carbonyl (C=O) groups excluding carboxylic acids is 1. The number of likely N-dealkylation sites (tertiary alicyclic amines) is 1. The lowest BCUT2D eigenvalue weighted by molar-refractivity contribution is -0.131. The van der Waals surface area contributed by atoms with Crippen LogP contribution < -0.4 is 5.73 Å². The fourth-order valence-electron chi connectivity index (χ4n) is 3.05. The van der Waals surface area contributed by atoms with Crippen LogP contribution in [-0.2, 0) is 11.3 Å². The maximum atomic E-state index is 12.0. The molecule has 2 rings (SSSR count). The van der Waals surface area contributed by atoms with Gasteiger partial charge in [0.25, 0.3) is 0 Å². The first-order chi connectivity index (χ1) is 10.1. The zero-order valence-electron chi connectivity index (χ0n) is 13.2. The number of amides is 1. The Morgan fingerprint density at radius 2 is 2.10 bits per heavy atom. The number of rotatable bonds is 5. The van der Waals surface area contributed by atoms with Crippen LogP contribution in [0.5, 0.6) is 0 Å². The highest BCUT2D eigenvalue weighted by atomic mass is 16.2. The lowest BCUT2D eigenvalue weighted by Crippen LogP contribution is -2.49. The van der Waals surface area contributed by atoms with E-state index in [0.29, 0.717) is 6.04 Å². The van der Waals surface area contributed by atoms with Gasteiger partial charge < -0.3 is 10.6 Å². The number of likely N-dealkylation sites (N-methyl/N-ethyl adjacent to an activating group) is 1. The number of carbonyl (C=O) groups is 1. The standard InChI is InChI=1S/C17H27N3O/c1-14(18)17(21)19(2)13-16-10-6-7-11-20(16)12-15-8-4-3-5-9-15/h3-5,8-9,14,16H,6-7,10-13,18H2,1-2H3/t14-,16-/m0/s1. The minimum Gasteiger partial charge on any atom is -0.343 e. The van der Waals surface area contributed by atoms with Gasteiger partial charge in [0.15, 0.2) is 0 Å². The van der Waals surface area contributed by atoms with Gasteiger partial charge >= 0.3 is 0 Å². The Bertz CT molecular complexity index is 447. The minimum atomic E-state index is -0.416. The molecule has 0 saturated carbocycles. The number of benzene rings is 1. The molecule has 0 spiro atoms. The minimum absolute atomic E-state index is 0.0280. The maximum Gasteiger partial charge on any atom is 0.238 e. The molecule has 1 aromatic carbocycles. The summed E-state index contributed by atoms with van der Waals surface area (Å²) in [6.45, 7) is 4.60. The first kappa shape index (κ1) is 16.0. The summed E-state index contributed by atoms with van der Waals surface area (Å²) in [5.41, 5.74) is 7.03. The summed E-state index contributed by atoms with van der Waals surface area (Å²) in [6.07, 6.45) is 3.65. The molecule has 1 fully saturated rings. The van der Waals surface area contributed by atoms with Gasteiger partial charge in [0, 0.05) is 26.2 Å². The second-order valence-electron chi connectivity index (χ2n) is 6.11. The highest BCUT2D eigenvalue weighted by molar-refractivity contribution is 5.80. The smallest absolute Gasteiger partial charge is 0.238 e. The van der Waals surface area contributed by atoms with Crippen LogP contribution >= 0.6 is 0 Å². The molecule has 1 aliphatic rings. The Hall–Kier alpha value is -1.39. The van der Waals surface area contributed by atoms with E-state index in [1.165, 1.54) is 18.4 Å². The van der Waals surface area contributed by atoms with Gasteiger partial charge in [0.05, 0.1) is 6.04 Å². The normalized spacial score (nSPS) is 21.0. The summed E-state index contributed by atoms with van der Waals surface area (Å²) in [7, 11) is 1.86. The molecule has 1 heterocycles. The van der Waals surface area contributed by atoms with E-state index in [1.807, 2.05) is 13.1 Å². The summed E-state index contributed by atoms with van der Waals surface area (Å²) in [5.74, 6) is 0.0280. The predicted molar refractivity (Wildman–Crippen MR) is 85.8 cm³/mol. The topological polar surface area (TPSA) is 49.6 Å². The van der Waals surface area contributed by atoms with Crippen molar-refractivity contribution in [2.75, 3.05) is 20.1 Å². The molecule has 2 atom stereocenters. The van der Waals surface area contributed by atoms with Crippen LogP contribution in [0.25, 0.3) is 0 Å². The zero-order valence-corrected chi connectivity index (χ0v) is 13.2. The molecule has 4 heteroatoms. The van der Waals surface area contributed by atoms with Crippen molar-refractivity contribution < 1.29 is 4.79 Å². The molecule has 1 aliphatic heterocycles. The molecule has 21 heavy (non-hydrogen) atoms. The van der Waals surface area contributed by atoms with Crippen LogP contribution in [0.15, 0.2) is 30.3 Å². The second-order valence-corrected chi connectivity index (χ2v) is 6.11. The van der Waals surface area contributed by atoms with Crippen LogP contribution in [0.3, 0.4) is 0 Å². The van der Waals surface area contributed by atoms with Gasteiger partial charge in [-0.3, -0.25) is 9.69 Å². The van der Waals surface area contributed by atoms with Gasteiger partial charge in [-0.2, -0.15) is 0 Å². The van der Waals surface area contributed by atoms with E-state index in [2.05, 4.69) is 29.2 Å². The SMILES string of the molecule is C[C@H](N)C(=O)N(C)C[C@@H]1CCCCN1Cc1ccccc1. The van der Waals surface area contributed by atoms with E-state index in [9.17, 15) is 4.79 Å². The molecule has 1 saturated heterocycles. The molecule has 0 radical (unpaired) electrons. The van der Waals surface area contributed by atoms with Crippen molar-refractivity contribution in [2.24, 2.45) is 5.73 Å². The van der Waals surface area contributed by atoms with E-state index in [4.69, 9.17) is 5.73 Å². The molecule has 4 nitrogen and oxygen atoms in total. The number of nitrogens with zero attached hydrogens (tertiary/aromatic N) is 2. The highest BCUT2D eigenvalue weighted by Gasteiger charge is 2.25. The van der Waals surface area contributed by atoms with Gasteiger partial charge in [-0.15, -0.1) is 0 Å². The first-order valence-corrected chi connectivity index (χ1v) is 7.86. The monoisotopic (exact) mass is 289 g/mol. The summed E-state index contributed by atoms with van der Waals surface area (Å²) >= 11 is 0. The van der Waals surface area contributed by atoms with Crippen molar-refractivity contribution in [3.05, 3.63) is 35.9 Å². The van der Waals surface area contributed by atoms with Gasteiger partial charge in [0.1, 0.15) is 0 Å². The largest absolute Gasteiger partial charge is 0.343 e. The van der Waals surface area contributed by atoms with Crippen molar-refractivity contribution in [1.82, 2.24) is 9.80 Å². The third kappa shape index (κ3) is 4.55. The number of nitrogens with two attached hydrogens (primary N) is 1. The van der Waals surface area contributed by atoms with Crippen LogP contribution in [0.2, 0.25) is 0 Å². The summed E-state index contributed by atoms with van der Waals surface area (Å²) < 4.78 is 0. The molecule has 2 N–H and O–H groups in total. The molecule has 1 aromatic rings. The van der Waals surface area contributed by atoms with E-state index in [0.717, 1.165) is 26.1 Å². The van der Waals surface area contributed by atoms with Crippen molar-refractivity contribution in [3.63, 3.8) is 0 Å². The zero-order chi connectivity index (χ0) is 15.2. The molecule has 0 aliphatic carbocycles. The van der Waals surface area contributed by atoms with Crippen LogP contribution in [0, 0.1) is 0 Å². The van der Waals surface area contributed by atoms with Crippen molar-refractivity contribution in [3.8, 4) is 0 Å². The Balaban J connectivity index is 1.97. The molecule has 116 valence electrons. The van der Waals surface area contributed by atoms with Crippen LogP contribution in [0.1, 0.15) is 31.7 Å². The summed E-state index contributed by atoms with van der Waals surface area (Å²) in [6, 6.07) is 10.6. The quantitative estimate of drug-likeness (QED) is 0.900. The van der Waals surface area contributed by atoms with E-state index >= 15 is 0 Å². The number of hydrogen-bond donors (Lipinski definition) is 1. The fourth-order valence-corrected chi connectivity index (χ4v) is 3.05. The second kappa shape index (κ2) is 7.57. The molecular formula is C17H27N3O. The first-order valence-electron chi connectivity index (χ1n) is 7.86. The van der Waals surface area contributed by atoms with Gasteiger partial charge in [-0.25, -0.2) is 0 Å². The Labute approximate surface area is 127 Å². The van der Waals surface area contributed by atoms with E-state index in [-0.39, 0.29) is 5.91 Å². The van der Waals surface area contributed by atoms with Crippen molar-refractivity contribution >= 4 is 5.91 Å².